The van der Waals surface area contributed by atoms with Crippen LogP contribution in [0.1, 0.15) is 10.4 Å². The van der Waals surface area contributed by atoms with Gasteiger partial charge in [0.05, 0.1) is 23.2 Å². The topological polar surface area (TPSA) is 59.4 Å². The first-order valence-electron chi connectivity index (χ1n) is 4.49. The maximum Gasteiger partial charge on any atom is 0.336 e. The Morgan fingerprint density at radius 2 is 2.25 bits per heavy atom. The van der Waals surface area contributed by atoms with E-state index in [1.807, 2.05) is 0 Å². The van der Waals surface area contributed by atoms with E-state index in [2.05, 4.69) is 4.98 Å². The van der Waals surface area contributed by atoms with E-state index in [1.54, 1.807) is 12.1 Å². The number of hydrogen-bond donors (Lipinski definition) is 1. The summed E-state index contributed by atoms with van der Waals surface area (Å²) in [4.78, 5) is 15.1. The van der Waals surface area contributed by atoms with Crippen LogP contribution in [0.15, 0.2) is 24.4 Å². The molecule has 82 valence electrons. The van der Waals surface area contributed by atoms with E-state index in [1.165, 1.54) is 19.4 Å². The number of methoxy groups -OCH3 is 1. The molecule has 1 heterocycles. The van der Waals surface area contributed by atoms with Crippen LogP contribution in [0.3, 0.4) is 0 Å². The van der Waals surface area contributed by atoms with Crippen LogP contribution in [0.25, 0.3) is 10.9 Å². The molecule has 0 bridgehead atoms. The summed E-state index contributed by atoms with van der Waals surface area (Å²) in [5.74, 6) is -0.530. The van der Waals surface area contributed by atoms with Crippen molar-refractivity contribution >= 4 is 28.5 Å². The lowest BCUT2D eigenvalue weighted by atomic mass is 10.1. The number of carboxylic acid groups (broad SMARTS) is 1. The summed E-state index contributed by atoms with van der Waals surface area (Å²) < 4.78 is 5.03. The average Bonchev–Trinajstić information content (AvgIpc) is 2.27. The number of carbonyl (C=O) groups is 1. The van der Waals surface area contributed by atoms with Crippen LogP contribution in [0.2, 0.25) is 5.02 Å². The molecule has 0 aliphatic carbocycles. The van der Waals surface area contributed by atoms with Crippen LogP contribution in [0, 0.1) is 0 Å². The summed E-state index contributed by atoms with van der Waals surface area (Å²) in [6, 6.07) is 4.60. The molecule has 1 aromatic heterocycles. The Hall–Kier alpha value is -1.81. The lowest BCUT2D eigenvalue weighted by Gasteiger charge is -2.06. The third kappa shape index (κ3) is 1.67. The lowest BCUT2D eigenvalue weighted by molar-refractivity contribution is 0.0699. The van der Waals surface area contributed by atoms with Crippen molar-refractivity contribution in [3.8, 4) is 5.75 Å². The van der Waals surface area contributed by atoms with Gasteiger partial charge in [-0.2, -0.15) is 0 Å². The molecule has 0 amide bonds. The SMILES string of the molecule is COc1cc2nccc(C(=O)O)c2cc1Cl. The second-order valence-corrected chi connectivity index (χ2v) is 3.57. The summed E-state index contributed by atoms with van der Waals surface area (Å²) in [6.07, 6.45) is 1.44. The normalized spacial score (nSPS) is 10.4. The zero-order valence-corrected chi connectivity index (χ0v) is 9.15. The molecule has 0 saturated carbocycles. The number of carboxylic acids is 1. The Bertz CT molecular complexity index is 568. The molecule has 2 aromatic rings. The first-order valence-corrected chi connectivity index (χ1v) is 4.87. The number of hydrogen-bond acceptors (Lipinski definition) is 3. The van der Waals surface area contributed by atoms with Crippen molar-refractivity contribution in [2.75, 3.05) is 7.11 Å². The molecular weight excluding hydrogens is 230 g/mol. The molecule has 0 aliphatic heterocycles. The Kier molecular flexibility index (Phi) is 2.66. The van der Waals surface area contributed by atoms with Gasteiger partial charge in [-0.15, -0.1) is 0 Å². The number of pyridine rings is 1. The molecule has 0 radical (unpaired) electrons. The minimum absolute atomic E-state index is 0.176. The van der Waals surface area contributed by atoms with E-state index in [0.717, 1.165) is 0 Å². The molecule has 0 saturated heterocycles. The second kappa shape index (κ2) is 3.98. The van der Waals surface area contributed by atoms with E-state index in [0.29, 0.717) is 21.7 Å². The van der Waals surface area contributed by atoms with E-state index in [-0.39, 0.29) is 5.56 Å². The van der Waals surface area contributed by atoms with E-state index in [4.69, 9.17) is 21.4 Å². The fraction of sp³-hybridized carbons (Fsp3) is 0.0909. The highest BCUT2D eigenvalue weighted by atomic mass is 35.5. The Balaban J connectivity index is 2.79. The largest absolute Gasteiger partial charge is 0.495 e. The maximum absolute atomic E-state index is 11.0. The van der Waals surface area contributed by atoms with Gasteiger partial charge in [0.2, 0.25) is 0 Å². The van der Waals surface area contributed by atoms with Gasteiger partial charge in [-0.1, -0.05) is 11.6 Å². The summed E-state index contributed by atoms with van der Waals surface area (Å²) in [5, 5.41) is 9.87. The predicted octanol–water partition coefficient (Wildman–Crippen LogP) is 2.60. The van der Waals surface area contributed by atoms with Gasteiger partial charge in [0.15, 0.2) is 0 Å². The molecule has 0 spiro atoms. The van der Waals surface area contributed by atoms with Gasteiger partial charge in [0.25, 0.3) is 0 Å². The van der Waals surface area contributed by atoms with Crippen LogP contribution in [-0.2, 0) is 0 Å². The van der Waals surface area contributed by atoms with Gasteiger partial charge < -0.3 is 9.84 Å². The lowest BCUT2D eigenvalue weighted by Crippen LogP contribution is -1.98. The van der Waals surface area contributed by atoms with Crippen LogP contribution in [0.5, 0.6) is 5.75 Å². The van der Waals surface area contributed by atoms with Gasteiger partial charge in [-0.05, 0) is 12.1 Å². The average molecular weight is 238 g/mol. The molecule has 2 rings (SSSR count). The van der Waals surface area contributed by atoms with E-state index in [9.17, 15) is 4.79 Å². The third-order valence-electron chi connectivity index (χ3n) is 2.25. The van der Waals surface area contributed by atoms with Crippen LogP contribution in [-0.4, -0.2) is 23.2 Å². The number of ether oxygens (including phenoxy) is 1. The standard InChI is InChI=1S/C11H8ClNO3/c1-16-10-5-9-7(4-8(10)12)6(11(14)15)2-3-13-9/h2-5H,1H3,(H,14,15). The first-order chi connectivity index (χ1) is 7.63. The minimum Gasteiger partial charge on any atom is -0.495 e. The van der Waals surface area contributed by atoms with Gasteiger partial charge in [-0.25, -0.2) is 4.79 Å². The number of nitrogens with zero attached hydrogens (tertiary/aromatic N) is 1. The van der Waals surface area contributed by atoms with Crippen LogP contribution < -0.4 is 4.74 Å². The van der Waals surface area contributed by atoms with E-state index < -0.39 is 5.97 Å². The smallest absolute Gasteiger partial charge is 0.336 e. The van der Waals surface area contributed by atoms with Crippen LogP contribution in [0.4, 0.5) is 0 Å². The monoisotopic (exact) mass is 237 g/mol. The number of halogens is 1. The minimum atomic E-state index is -1.01. The molecule has 1 N–H and O–H groups in total. The van der Waals surface area contributed by atoms with Gasteiger partial charge in [0, 0.05) is 17.6 Å². The quantitative estimate of drug-likeness (QED) is 0.872. The van der Waals surface area contributed by atoms with E-state index >= 15 is 0 Å². The highest BCUT2D eigenvalue weighted by molar-refractivity contribution is 6.33. The number of fused-ring (bicyclic) bond motifs is 1. The van der Waals surface area contributed by atoms with Crippen molar-refractivity contribution in [3.63, 3.8) is 0 Å². The zero-order valence-electron chi connectivity index (χ0n) is 8.40. The molecular formula is C11H8ClNO3. The molecule has 0 aliphatic rings. The zero-order chi connectivity index (χ0) is 11.7. The van der Waals surface area contributed by atoms with Crippen molar-refractivity contribution in [2.45, 2.75) is 0 Å². The highest BCUT2D eigenvalue weighted by Crippen LogP contribution is 2.30. The molecule has 0 unspecified atom stereocenters. The van der Waals surface area contributed by atoms with Crippen molar-refractivity contribution in [2.24, 2.45) is 0 Å². The first kappa shape index (κ1) is 10.7. The molecule has 1 aromatic carbocycles. The van der Waals surface area contributed by atoms with Crippen molar-refractivity contribution in [1.82, 2.24) is 4.98 Å². The summed E-state index contributed by atoms with van der Waals surface area (Å²) in [6.45, 7) is 0. The Morgan fingerprint density at radius 3 is 2.88 bits per heavy atom. The van der Waals surface area contributed by atoms with Gasteiger partial charge in [-0.3, -0.25) is 4.98 Å². The van der Waals surface area contributed by atoms with Crippen molar-refractivity contribution in [3.05, 3.63) is 35.0 Å². The molecule has 16 heavy (non-hydrogen) atoms. The predicted molar refractivity (Wildman–Crippen MR) is 60.3 cm³/mol. The Morgan fingerprint density at radius 1 is 1.50 bits per heavy atom. The third-order valence-corrected chi connectivity index (χ3v) is 2.54. The van der Waals surface area contributed by atoms with Gasteiger partial charge >= 0.3 is 5.97 Å². The fourth-order valence-electron chi connectivity index (χ4n) is 1.49. The van der Waals surface area contributed by atoms with Crippen molar-refractivity contribution in [1.29, 1.82) is 0 Å². The number of aromatic nitrogens is 1. The highest BCUT2D eigenvalue weighted by Gasteiger charge is 2.11. The molecule has 5 heteroatoms. The van der Waals surface area contributed by atoms with Gasteiger partial charge in [0.1, 0.15) is 5.75 Å². The molecule has 0 atom stereocenters. The number of benzene rings is 1. The number of aromatic carboxylic acids is 1. The summed E-state index contributed by atoms with van der Waals surface area (Å²) in [5.41, 5.74) is 0.718. The Labute approximate surface area is 96.4 Å². The molecule has 4 nitrogen and oxygen atoms in total. The second-order valence-electron chi connectivity index (χ2n) is 3.17. The summed E-state index contributed by atoms with van der Waals surface area (Å²) >= 11 is 5.93. The molecule has 0 fully saturated rings. The fourth-order valence-corrected chi connectivity index (χ4v) is 1.73. The number of rotatable bonds is 2. The summed E-state index contributed by atoms with van der Waals surface area (Å²) in [7, 11) is 1.49. The van der Waals surface area contributed by atoms with Crippen molar-refractivity contribution < 1.29 is 14.6 Å². The van der Waals surface area contributed by atoms with Crippen LogP contribution >= 0.6 is 11.6 Å². The maximum atomic E-state index is 11.0.